The number of carboxylic acids is 1. The van der Waals surface area contributed by atoms with Crippen LogP contribution in [0.4, 0.5) is 4.39 Å². The zero-order valence-corrected chi connectivity index (χ0v) is 24.0. The second-order valence-corrected chi connectivity index (χ2v) is 11.2. The van der Waals surface area contributed by atoms with Gasteiger partial charge in [-0.2, -0.15) is 0 Å². The molecule has 7 nitrogen and oxygen atoms in total. The van der Waals surface area contributed by atoms with Gasteiger partial charge in [0.2, 0.25) is 6.41 Å². The summed E-state index contributed by atoms with van der Waals surface area (Å²) in [7, 11) is 1.54. The summed E-state index contributed by atoms with van der Waals surface area (Å²) in [6, 6.07) is 12.2. The number of benzene rings is 2. The van der Waals surface area contributed by atoms with Gasteiger partial charge in [-0.25, -0.2) is 9.18 Å². The summed E-state index contributed by atoms with van der Waals surface area (Å²) < 4.78 is 27.9. The monoisotopic (exact) mass is 548 g/mol. The Kier molecular flexibility index (Phi) is 8.49. The second-order valence-electron chi connectivity index (χ2n) is 11.2. The lowest BCUT2D eigenvalue weighted by Crippen LogP contribution is -2.40. The molecule has 1 N–H and O–H groups in total. The first-order valence-corrected chi connectivity index (χ1v) is 13.4. The van der Waals surface area contributed by atoms with Crippen molar-refractivity contribution in [2.45, 2.75) is 65.7 Å². The van der Waals surface area contributed by atoms with Gasteiger partial charge < -0.3 is 24.0 Å². The van der Waals surface area contributed by atoms with Gasteiger partial charge in [-0.15, -0.1) is 0 Å². The minimum atomic E-state index is -1.43. The summed E-state index contributed by atoms with van der Waals surface area (Å²) >= 11 is 0. The number of carboxylic acid groups (broad SMARTS) is 1. The predicted octanol–water partition coefficient (Wildman–Crippen LogP) is 5.73. The Morgan fingerprint density at radius 2 is 1.95 bits per heavy atom. The Morgan fingerprint density at radius 3 is 2.60 bits per heavy atom. The highest BCUT2D eigenvalue weighted by Gasteiger charge is 2.35. The normalized spacial score (nSPS) is 14.6. The third kappa shape index (κ3) is 6.12. The smallest absolute Gasteiger partial charge is 0.339 e. The molecule has 1 aliphatic rings. The van der Waals surface area contributed by atoms with Gasteiger partial charge in [-0.3, -0.25) is 4.79 Å². The van der Waals surface area contributed by atoms with Gasteiger partial charge in [-0.05, 0) is 94.0 Å². The molecule has 0 saturated carbocycles. The number of carbonyl (C=O) groups excluding carboxylic acids is 1. The van der Waals surface area contributed by atoms with Crippen molar-refractivity contribution in [1.29, 1.82) is 0 Å². The Labute approximate surface area is 234 Å². The van der Waals surface area contributed by atoms with Gasteiger partial charge in [0.05, 0.1) is 17.9 Å². The molecule has 0 bridgehead atoms. The highest BCUT2D eigenvalue weighted by atomic mass is 19.1. The number of ether oxygens (including phenoxy) is 2. The molecule has 4 rings (SSSR count). The molecule has 212 valence electrons. The number of hydrogen-bond donors (Lipinski definition) is 1. The summed E-state index contributed by atoms with van der Waals surface area (Å²) in [5.74, 6) is -0.696. The highest BCUT2D eigenvalue weighted by molar-refractivity contribution is 5.91. The largest absolute Gasteiger partial charge is 0.493 e. The maximum atomic E-state index is 13.9. The van der Waals surface area contributed by atoms with E-state index in [2.05, 4.69) is 0 Å². The van der Waals surface area contributed by atoms with Gasteiger partial charge in [0.1, 0.15) is 11.6 Å². The summed E-state index contributed by atoms with van der Waals surface area (Å²) in [6.07, 6.45) is 2.79. The average molecular weight is 549 g/mol. The van der Waals surface area contributed by atoms with Crippen LogP contribution in [0.3, 0.4) is 0 Å². The van der Waals surface area contributed by atoms with E-state index in [1.54, 1.807) is 33.9 Å². The maximum absolute atomic E-state index is 13.9. The molecule has 1 aromatic heterocycles. The third-order valence-corrected chi connectivity index (χ3v) is 7.14. The molecule has 8 heteroatoms. The number of fused-ring (bicyclic) bond motifs is 1. The number of carbonyl (C=O) groups is 2. The molecule has 0 fully saturated rings. The highest BCUT2D eigenvalue weighted by Crippen LogP contribution is 2.40. The Bertz CT molecular complexity index is 1450. The van der Waals surface area contributed by atoms with Crippen molar-refractivity contribution in [3.63, 3.8) is 0 Å². The number of amides is 1. The van der Waals surface area contributed by atoms with Crippen molar-refractivity contribution in [3.05, 3.63) is 93.7 Å². The van der Waals surface area contributed by atoms with Crippen LogP contribution in [0.25, 0.3) is 5.57 Å². The predicted molar refractivity (Wildman–Crippen MR) is 152 cm³/mol. The van der Waals surface area contributed by atoms with E-state index >= 15 is 0 Å². The van der Waals surface area contributed by atoms with Crippen molar-refractivity contribution in [3.8, 4) is 5.75 Å². The lowest BCUT2D eigenvalue weighted by atomic mass is 9.87. The van der Waals surface area contributed by atoms with Crippen LogP contribution in [0.15, 0.2) is 54.4 Å². The molecule has 1 aliphatic heterocycles. The molecule has 40 heavy (non-hydrogen) atoms. The lowest BCUT2D eigenvalue weighted by Gasteiger charge is -2.32. The minimum absolute atomic E-state index is 0.226. The van der Waals surface area contributed by atoms with Gasteiger partial charge in [0, 0.05) is 36.6 Å². The van der Waals surface area contributed by atoms with Crippen LogP contribution in [0.5, 0.6) is 5.75 Å². The molecular weight excluding hydrogens is 511 g/mol. The first-order valence-electron chi connectivity index (χ1n) is 13.4. The second kappa shape index (κ2) is 11.7. The Morgan fingerprint density at radius 1 is 1.20 bits per heavy atom. The third-order valence-electron chi connectivity index (χ3n) is 7.14. The molecule has 3 aromatic rings. The standard InChI is InChI=1S/C32H37FN2O5/c1-20-24-11-8-16-39-27(24)13-12-25(20)28(29(34(6)19-36)30(31(37)38)40-32(3,4)5)26-14-15-35(21(26)2)18-22-9-7-10-23(33)17-22/h7,9-10,12-15,17,19,30H,8,11,16,18H2,1-6H3,(H,37,38)/b29-28-. The van der Waals surface area contributed by atoms with Crippen LogP contribution in [0.1, 0.15) is 60.7 Å². The number of aromatic nitrogens is 1. The molecule has 0 radical (unpaired) electrons. The van der Waals surface area contributed by atoms with Crippen molar-refractivity contribution in [2.75, 3.05) is 13.7 Å². The first-order chi connectivity index (χ1) is 18.9. The van der Waals surface area contributed by atoms with Crippen LogP contribution in [-0.4, -0.2) is 52.3 Å². The van der Waals surface area contributed by atoms with Crippen molar-refractivity contribution >= 4 is 18.0 Å². The summed E-state index contributed by atoms with van der Waals surface area (Å²) in [5, 5.41) is 10.4. The molecule has 1 atom stereocenters. The number of halogens is 1. The average Bonchev–Trinajstić information content (AvgIpc) is 3.25. The number of nitrogens with zero attached hydrogens (tertiary/aromatic N) is 2. The number of rotatable bonds is 9. The first kappa shape index (κ1) is 29.1. The van der Waals surface area contributed by atoms with Gasteiger partial charge in [-0.1, -0.05) is 18.2 Å². The van der Waals surface area contributed by atoms with Crippen LogP contribution in [0.2, 0.25) is 0 Å². The van der Waals surface area contributed by atoms with Crippen LogP contribution < -0.4 is 4.74 Å². The van der Waals surface area contributed by atoms with Gasteiger partial charge in [0.25, 0.3) is 0 Å². The quantitative estimate of drug-likeness (QED) is 0.345. The van der Waals surface area contributed by atoms with E-state index in [-0.39, 0.29) is 11.5 Å². The van der Waals surface area contributed by atoms with E-state index in [1.807, 2.05) is 48.9 Å². The lowest BCUT2D eigenvalue weighted by molar-refractivity contribution is -0.157. The Hall–Kier alpha value is -3.91. The molecule has 0 saturated heterocycles. The van der Waals surface area contributed by atoms with Gasteiger partial charge >= 0.3 is 5.97 Å². The molecule has 1 unspecified atom stereocenters. The van der Waals surface area contributed by atoms with Crippen LogP contribution in [-0.2, 0) is 27.3 Å². The molecule has 1 amide bonds. The maximum Gasteiger partial charge on any atom is 0.339 e. The summed E-state index contributed by atoms with van der Waals surface area (Å²) in [6.45, 7) is 10.4. The fourth-order valence-corrected chi connectivity index (χ4v) is 5.25. The van der Waals surface area contributed by atoms with Crippen molar-refractivity contribution < 1.29 is 28.6 Å². The van der Waals surface area contributed by atoms with E-state index in [9.17, 15) is 19.1 Å². The molecule has 0 aliphatic carbocycles. The zero-order valence-electron chi connectivity index (χ0n) is 24.0. The van der Waals surface area contributed by atoms with E-state index in [4.69, 9.17) is 9.47 Å². The van der Waals surface area contributed by atoms with Crippen LogP contribution >= 0.6 is 0 Å². The number of aliphatic carboxylic acids is 1. The molecule has 2 heterocycles. The topological polar surface area (TPSA) is 81.0 Å². The van der Waals surface area contributed by atoms with Crippen molar-refractivity contribution in [2.24, 2.45) is 0 Å². The fraction of sp³-hybridized carbons (Fsp3) is 0.375. The van der Waals surface area contributed by atoms with E-state index in [0.717, 1.165) is 52.1 Å². The van der Waals surface area contributed by atoms with E-state index < -0.39 is 17.7 Å². The van der Waals surface area contributed by atoms with Gasteiger partial charge in [0.15, 0.2) is 6.10 Å². The minimum Gasteiger partial charge on any atom is -0.493 e. The summed E-state index contributed by atoms with van der Waals surface area (Å²) in [4.78, 5) is 26.3. The molecule has 0 spiro atoms. The van der Waals surface area contributed by atoms with E-state index in [1.165, 1.54) is 17.0 Å². The molecule has 2 aromatic carbocycles. The summed E-state index contributed by atoms with van der Waals surface area (Å²) in [5.41, 5.74) is 5.21. The van der Waals surface area contributed by atoms with Crippen LogP contribution in [0, 0.1) is 19.7 Å². The zero-order chi connectivity index (χ0) is 29.2. The SMILES string of the molecule is Cc1c(/C(=C(\C(OC(C)(C)C)C(=O)O)N(C)C=O)c2ccn(Cc3cccc(F)c3)c2C)ccc2c1CCCO2. The van der Waals surface area contributed by atoms with E-state index in [0.29, 0.717) is 25.1 Å². The Balaban J connectivity index is 2.01. The molecular formula is C32H37FN2O5. The number of hydrogen-bond acceptors (Lipinski definition) is 4. The van der Waals surface area contributed by atoms with Crippen molar-refractivity contribution in [1.82, 2.24) is 9.47 Å². The fourth-order valence-electron chi connectivity index (χ4n) is 5.25. The number of likely N-dealkylation sites (N-methyl/N-ethyl adjacent to an activating group) is 1.